The first-order valence-corrected chi connectivity index (χ1v) is 14.3. The smallest absolute Gasteiger partial charge is 0.244 e. The summed E-state index contributed by atoms with van der Waals surface area (Å²) in [4.78, 5) is 28.2. The maximum absolute atomic E-state index is 13.7. The fourth-order valence-electron chi connectivity index (χ4n) is 4.43. The molecule has 1 fully saturated rings. The Kier molecular flexibility index (Phi) is 9.37. The summed E-state index contributed by atoms with van der Waals surface area (Å²) in [6.45, 7) is 5.78. The summed E-state index contributed by atoms with van der Waals surface area (Å²) >= 11 is 0. The number of sulfonamides is 1. The molecule has 0 aromatic heterocycles. The van der Waals surface area contributed by atoms with Crippen molar-refractivity contribution in [2.24, 2.45) is 0 Å². The summed E-state index contributed by atoms with van der Waals surface area (Å²) in [6.07, 6.45) is 5.10. The molecule has 36 heavy (non-hydrogen) atoms. The van der Waals surface area contributed by atoms with Gasteiger partial charge in [0.05, 0.1) is 18.6 Å². The van der Waals surface area contributed by atoms with E-state index in [0.717, 1.165) is 47.4 Å². The number of ether oxygens (including phenoxy) is 1. The summed E-state index contributed by atoms with van der Waals surface area (Å²) in [6, 6.07) is 13.6. The number of nitrogens with zero attached hydrogens (tertiary/aromatic N) is 2. The number of nitrogens with one attached hydrogen (secondary N) is 1. The van der Waals surface area contributed by atoms with Crippen LogP contribution in [0.15, 0.2) is 48.5 Å². The van der Waals surface area contributed by atoms with Crippen molar-refractivity contribution in [3.63, 3.8) is 0 Å². The summed E-state index contributed by atoms with van der Waals surface area (Å²) in [7, 11) is -3.77. The Morgan fingerprint density at radius 3 is 2.31 bits per heavy atom. The van der Waals surface area contributed by atoms with Crippen molar-refractivity contribution in [1.29, 1.82) is 0 Å². The number of carbonyl (C=O) groups excluding carboxylic acids is 2. The van der Waals surface area contributed by atoms with Crippen molar-refractivity contribution in [2.75, 3.05) is 23.7 Å². The first-order valence-electron chi connectivity index (χ1n) is 12.4. The first-order chi connectivity index (χ1) is 17.1. The topological polar surface area (TPSA) is 96.0 Å². The van der Waals surface area contributed by atoms with Gasteiger partial charge in [-0.15, -0.1) is 0 Å². The lowest BCUT2D eigenvalue weighted by Gasteiger charge is -2.32. The molecule has 0 unspecified atom stereocenters. The minimum Gasteiger partial charge on any atom is -0.494 e. The molecule has 1 aliphatic rings. The normalized spacial score (nSPS) is 14.8. The molecule has 0 saturated heterocycles. The molecule has 1 atom stereocenters. The summed E-state index contributed by atoms with van der Waals surface area (Å²) in [5, 5.41) is 3.07. The van der Waals surface area contributed by atoms with Crippen LogP contribution in [0.2, 0.25) is 0 Å². The van der Waals surface area contributed by atoms with E-state index in [9.17, 15) is 18.0 Å². The third-order valence-electron chi connectivity index (χ3n) is 6.59. The molecule has 2 aromatic rings. The van der Waals surface area contributed by atoms with E-state index < -0.39 is 28.5 Å². The number of aryl methyl sites for hydroxylation is 1. The maximum Gasteiger partial charge on any atom is 0.244 e. The number of carbonyl (C=O) groups is 2. The highest BCUT2D eigenvalue weighted by Crippen LogP contribution is 2.23. The molecule has 0 aliphatic heterocycles. The molecule has 2 amide bonds. The van der Waals surface area contributed by atoms with Crippen LogP contribution in [0.1, 0.15) is 50.7 Å². The lowest BCUT2D eigenvalue weighted by molar-refractivity contribution is -0.139. The molecule has 9 heteroatoms. The Labute approximate surface area is 214 Å². The van der Waals surface area contributed by atoms with Crippen LogP contribution in [-0.4, -0.2) is 56.6 Å². The molecule has 1 N–H and O–H groups in total. The molecule has 0 bridgehead atoms. The Balaban J connectivity index is 1.87. The van der Waals surface area contributed by atoms with Gasteiger partial charge in [0.15, 0.2) is 0 Å². The minimum absolute atomic E-state index is 0.117. The minimum atomic E-state index is -3.77. The van der Waals surface area contributed by atoms with E-state index in [0.29, 0.717) is 18.0 Å². The monoisotopic (exact) mass is 515 g/mol. The van der Waals surface area contributed by atoms with Gasteiger partial charge in [0.2, 0.25) is 21.8 Å². The largest absolute Gasteiger partial charge is 0.494 e. The second kappa shape index (κ2) is 12.3. The Bertz CT molecular complexity index is 1140. The van der Waals surface area contributed by atoms with Crippen LogP contribution < -0.4 is 14.4 Å². The predicted octanol–water partition coefficient (Wildman–Crippen LogP) is 3.64. The highest BCUT2D eigenvalue weighted by Gasteiger charge is 2.31. The van der Waals surface area contributed by atoms with E-state index in [1.807, 2.05) is 38.1 Å². The average Bonchev–Trinajstić information content (AvgIpc) is 3.34. The Morgan fingerprint density at radius 1 is 1.08 bits per heavy atom. The molecular weight excluding hydrogens is 478 g/mol. The molecule has 0 spiro atoms. The molecule has 8 nitrogen and oxygen atoms in total. The van der Waals surface area contributed by atoms with Crippen molar-refractivity contribution in [1.82, 2.24) is 10.2 Å². The van der Waals surface area contributed by atoms with Gasteiger partial charge in [-0.2, -0.15) is 0 Å². The molecule has 2 aromatic carbocycles. The van der Waals surface area contributed by atoms with Gasteiger partial charge in [-0.3, -0.25) is 13.9 Å². The number of amides is 2. The second-order valence-electron chi connectivity index (χ2n) is 9.31. The van der Waals surface area contributed by atoms with E-state index in [1.54, 1.807) is 31.2 Å². The number of benzene rings is 2. The summed E-state index contributed by atoms with van der Waals surface area (Å²) < 4.78 is 31.9. The molecule has 196 valence electrons. The van der Waals surface area contributed by atoms with Crippen LogP contribution in [-0.2, 0) is 26.2 Å². The zero-order chi connectivity index (χ0) is 26.3. The highest BCUT2D eigenvalue weighted by molar-refractivity contribution is 7.92. The number of rotatable bonds is 11. The molecule has 3 rings (SSSR count). The van der Waals surface area contributed by atoms with Gasteiger partial charge in [-0.25, -0.2) is 8.42 Å². The van der Waals surface area contributed by atoms with Gasteiger partial charge in [-0.05, 0) is 69.0 Å². The molecule has 0 heterocycles. The fraction of sp³-hybridized carbons (Fsp3) is 0.481. The zero-order valence-electron chi connectivity index (χ0n) is 21.6. The van der Waals surface area contributed by atoms with Gasteiger partial charge >= 0.3 is 0 Å². The van der Waals surface area contributed by atoms with Crippen molar-refractivity contribution in [3.05, 3.63) is 59.7 Å². The lowest BCUT2D eigenvalue weighted by atomic mass is 10.1. The van der Waals surface area contributed by atoms with Crippen LogP contribution in [0, 0.1) is 6.92 Å². The van der Waals surface area contributed by atoms with E-state index in [-0.39, 0.29) is 18.5 Å². The van der Waals surface area contributed by atoms with Crippen LogP contribution in [0.25, 0.3) is 0 Å². The van der Waals surface area contributed by atoms with Crippen molar-refractivity contribution in [3.8, 4) is 5.75 Å². The predicted molar refractivity (Wildman–Crippen MR) is 141 cm³/mol. The standard InChI is InChI=1S/C27H37N3O5S/c1-5-35-25-16-14-24(15-17-25)30(36(4,33)34)19-26(31)29(18-22-11-7-6-10-20(22)2)21(3)27(32)28-23-12-8-9-13-23/h6-7,10-11,14-17,21,23H,5,8-9,12-13,18-19H2,1-4H3,(H,28,32)/t21-/m1/s1. The quantitative estimate of drug-likeness (QED) is 0.493. The van der Waals surface area contributed by atoms with E-state index in [1.165, 1.54) is 4.90 Å². The lowest BCUT2D eigenvalue weighted by Crippen LogP contribution is -2.52. The summed E-state index contributed by atoms with van der Waals surface area (Å²) in [5.41, 5.74) is 2.25. The molecular formula is C27H37N3O5S. The average molecular weight is 516 g/mol. The second-order valence-corrected chi connectivity index (χ2v) is 11.2. The summed E-state index contributed by atoms with van der Waals surface area (Å²) in [5.74, 6) is -0.0677. The van der Waals surface area contributed by atoms with Crippen molar-refractivity contribution >= 4 is 27.5 Å². The van der Waals surface area contributed by atoms with Crippen LogP contribution in [0.4, 0.5) is 5.69 Å². The van der Waals surface area contributed by atoms with Gasteiger partial charge < -0.3 is 15.0 Å². The van der Waals surface area contributed by atoms with Gasteiger partial charge in [0.1, 0.15) is 18.3 Å². The SMILES string of the molecule is CCOc1ccc(N(CC(=O)N(Cc2ccccc2C)[C@H](C)C(=O)NC2CCCC2)S(C)(=O)=O)cc1. The number of hydrogen-bond donors (Lipinski definition) is 1. The molecule has 1 saturated carbocycles. The first kappa shape index (κ1) is 27.5. The fourth-order valence-corrected chi connectivity index (χ4v) is 5.28. The highest BCUT2D eigenvalue weighted by atomic mass is 32.2. The van der Waals surface area contributed by atoms with Gasteiger partial charge in [-0.1, -0.05) is 37.1 Å². The van der Waals surface area contributed by atoms with Crippen LogP contribution in [0.5, 0.6) is 5.75 Å². The Hall–Kier alpha value is -3.07. The van der Waals surface area contributed by atoms with E-state index in [2.05, 4.69) is 5.32 Å². The number of hydrogen-bond acceptors (Lipinski definition) is 5. The van der Waals surface area contributed by atoms with E-state index in [4.69, 9.17) is 4.74 Å². The zero-order valence-corrected chi connectivity index (χ0v) is 22.4. The van der Waals surface area contributed by atoms with Gasteiger partial charge in [0.25, 0.3) is 0 Å². The third-order valence-corrected chi connectivity index (χ3v) is 7.73. The third kappa shape index (κ3) is 7.22. The van der Waals surface area contributed by atoms with E-state index >= 15 is 0 Å². The van der Waals surface area contributed by atoms with Gasteiger partial charge in [0, 0.05) is 12.6 Å². The Morgan fingerprint density at radius 2 is 1.72 bits per heavy atom. The van der Waals surface area contributed by atoms with Crippen LogP contribution in [0.3, 0.4) is 0 Å². The van der Waals surface area contributed by atoms with Crippen molar-refractivity contribution in [2.45, 2.75) is 65.1 Å². The van der Waals surface area contributed by atoms with Crippen molar-refractivity contribution < 1.29 is 22.7 Å². The number of anilines is 1. The molecule has 1 aliphatic carbocycles. The maximum atomic E-state index is 13.7. The van der Waals surface area contributed by atoms with Crippen LogP contribution >= 0.6 is 0 Å². The molecule has 0 radical (unpaired) electrons.